The Morgan fingerprint density at radius 3 is 2.43 bits per heavy atom. The number of piperidine rings is 1. The Kier molecular flexibility index (Phi) is 4.01. The number of halogens is 1. The fourth-order valence-corrected chi connectivity index (χ4v) is 2.13. The second-order valence-electron chi connectivity index (χ2n) is 3.88. The minimum atomic E-state index is 0. The van der Waals surface area contributed by atoms with Crippen LogP contribution in [0.3, 0.4) is 0 Å². The summed E-state index contributed by atoms with van der Waals surface area (Å²) in [6, 6.07) is 0.700. The van der Waals surface area contributed by atoms with Gasteiger partial charge in [-0.1, -0.05) is 0 Å². The average molecular weight is 220 g/mol. The maximum Gasteiger partial charge on any atom is 0.320 e. The Morgan fingerprint density at radius 1 is 1.29 bits per heavy atom. The van der Waals surface area contributed by atoms with Crippen molar-refractivity contribution in [3.63, 3.8) is 0 Å². The lowest BCUT2D eigenvalue weighted by atomic mass is 10.1. The number of nitrogens with zero attached hydrogens (tertiary/aromatic N) is 2. The molecular weight excluding hydrogens is 202 g/mol. The fourth-order valence-electron chi connectivity index (χ4n) is 2.13. The molecule has 5 heteroatoms. The quantitative estimate of drug-likeness (QED) is 0.699. The van der Waals surface area contributed by atoms with E-state index >= 15 is 0 Å². The van der Waals surface area contributed by atoms with E-state index < -0.39 is 0 Å². The van der Waals surface area contributed by atoms with Gasteiger partial charge < -0.3 is 15.1 Å². The zero-order valence-corrected chi connectivity index (χ0v) is 9.35. The summed E-state index contributed by atoms with van der Waals surface area (Å²) < 4.78 is 0. The Hall–Kier alpha value is -0.480. The molecule has 0 unspecified atom stereocenters. The molecule has 0 bridgehead atoms. The van der Waals surface area contributed by atoms with E-state index in [2.05, 4.69) is 5.32 Å². The molecule has 0 radical (unpaired) electrons. The number of carbonyl (C=O) groups is 1. The summed E-state index contributed by atoms with van der Waals surface area (Å²) in [6.45, 7) is 3.92. The van der Waals surface area contributed by atoms with Gasteiger partial charge >= 0.3 is 6.03 Å². The minimum absolute atomic E-state index is 0. The van der Waals surface area contributed by atoms with Crippen LogP contribution in [0, 0.1) is 0 Å². The first-order chi connectivity index (χ1) is 6.29. The molecule has 0 aromatic rings. The van der Waals surface area contributed by atoms with Crippen molar-refractivity contribution in [2.45, 2.75) is 18.9 Å². The van der Waals surface area contributed by atoms with Crippen LogP contribution in [0.1, 0.15) is 12.8 Å². The van der Waals surface area contributed by atoms with Crippen LogP contribution in [-0.2, 0) is 0 Å². The van der Waals surface area contributed by atoms with Crippen molar-refractivity contribution in [2.75, 3.05) is 33.2 Å². The van der Waals surface area contributed by atoms with E-state index in [4.69, 9.17) is 0 Å². The second-order valence-corrected chi connectivity index (χ2v) is 3.88. The van der Waals surface area contributed by atoms with Gasteiger partial charge in [0.1, 0.15) is 0 Å². The maximum absolute atomic E-state index is 11.6. The standard InChI is InChI=1S/C9H17N3O.ClH/c1-11-6-7-12(9(11)13)8-2-4-10-5-3-8;/h8,10H,2-7H2,1H3;1H. The molecule has 14 heavy (non-hydrogen) atoms. The van der Waals surface area contributed by atoms with Gasteiger partial charge in [0, 0.05) is 26.2 Å². The lowest BCUT2D eigenvalue weighted by Crippen LogP contribution is -2.44. The molecule has 1 N–H and O–H groups in total. The molecule has 0 aromatic heterocycles. The highest BCUT2D eigenvalue weighted by atomic mass is 35.5. The van der Waals surface area contributed by atoms with Crippen molar-refractivity contribution in [3.05, 3.63) is 0 Å². The zero-order chi connectivity index (χ0) is 9.26. The molecule has 2 aliphatic rings. The fraction of sp³-hybridized carbons (Fsp3) is 0.889. The molecule has 0 saturated carbocycles. The van der Waals surface area contributed by atoms with E-state index in [1.807, 2.05) is 16.8 Å². The van der Waals surface area contributed by atoms with E-state index in [-0.39, 0.29) is 18.4 Å². The molecule has 2 rings (SSSR count). The summed E-state index contributed by atoms with van der Waals surface area (Å²) >= 11 is 0. The molecule has 82 valence electrons. The molecule has 0 spiro atoms. The van der Waals surface area contributed by atoms with Crippen molar-refractivity contribution in [3.8, 4) is 0 Å². The Balaban J connectivity index is 0.000000980. The molecule has 4 nitrogen and oxygen atoms in total. The predicted molar refractivity (Wildman–Crippen MR) is 57.9 cm³/mol. The first kappa shape index (κ1) is 11.6. The summed E-state index contributed by atoms with van der Waals surface area (Å²) in [7, 11) is 1.88. The van der Waals surface area contributed by atoms with Gasteiger partial charge in [0.05, 0.1) is 0 Å². The number of nitrogens with one attached hydrogen (secondary N) is 1. The van der Waals surface area contributed by atoms with Gasteiger partial charge in [0.2, 0.25) is 0 Å². The van der Waals surface area contributed by atoms with Crippen LogP contribution in [0.5, 0.6) is 0 Å². The van der Waals surface area contributed by atoms with E-state index in [1.165, 1.54) is 0 Å². The van der Waals surface area contributed by atoms with Crippen LogP contribution in [0.15, 0.2) is 0 Å². The largest absolute Gasteiger partial charge is 0.326 e. The third kappa shape index (κ3) is 2.12. The molecule has 0 aromatic carbocycles. The minimum Gasteiger partial charge on any atom is -0.326 e. The summed E-state index contributed by atoms with van der Waals surface area (Å²) in [6.07, 6.45) is 2.22. The van der Waals surface area contributed by atoms with Gasteiger partial charge in [0.15, 0.2) is 0 Å². The van der Waals surface area contributed by atoms with E-state index in [0.29, 0.717) is 6.04 Å². The molecule has 2 saturated heterocycles. The normalized spacial score (nSPS) is 23.9. The highest BCUT2D eigenvalue weighted by Gasteiger charge is 2.31. The van der Waals surface area contributed by atoms with Crippen LogP contribution < -0.4 is 5.32 Å². The molecule has 2 heterocycles. The maximum atomic E-state index is 11.6. The Bertz CT molecular complexity index is 206. The van der Waals surface area contributed by atoms with Crippen molar-refractivity contribution in [1.82, 2.24) is 15.1 Å². The van der Waals surface area contributed by atoms with Crippen LogP contribution in [0.2, 0.25) is 0 Å². The Labute approximate surface area is 91.0 Å². The molecule has 2 amide bonds. The highest BCUT2D eigenvalue weighted by Crippen LogP contribution is 2.17. The van der Waals surface area contributed by atoms with Crippen molar-refractivity contribution in [1.29, 1.82) is 0 Å². The monoisotopic (exact) mass is 219 g/mol. The lowest BCUT2D eigenvalue weighted by Gasteiger charge is -2.30. The van der Waals surface area contributed by atoms with Crippen molar-refractivity contribution in [2.24, 2.45) is 0 Å². The van der Waals surface area contributed by atoms with Crippen LogP contribution in [0.4, 0.5) is 4.79 Å². The topological polar surface area (TPSA) is 35.6 Å². The third-order valence-electron chi connectivity index (χ3n) is 3.00. The van der Waals surface area contributed by atoms with Crippen LogP contribution in [0.25, 0.3) is 0 Å². The number of amides is 2. The molecule has 0 atom stereocenters. The molecule has 2 fully saturated rings. The summed E-state index contributed by atoms with van der Waals surface area (Å²) in [4.78, 5) is 15.5. The summed E-state index contributed by atoms with van der Waals surface area (Å²) in [5.74, 6) is 0. The SMILES string of the molecule is CN1CCN(C2CCNCC2)C1=O.Cl. The first-order valence-corrected chi connectivity index (χ1v) is 5.01. The average Bonchev–Trinajstić information content (AvgIpc) is 2.49. The van der Waals surface area contributed by atoms with Gasteiger partial charge in [-0.25, -0.2) is 4.79 Å². The van der Waals surface area contributed by atoms with Gasteiger partial charge in [0.25, 0.3) is 0 Å². The van der Waals surface area contributed by atoms with Crippen LogP contribution in [-0.4, -0.2) is 55.1 Å². The highest BCUT2D eigenvalue weighted by molar-refractivity contribution is 5.85. The van der Waals surface area contributed by atoms with E-state index in [0.717, 1.165) is 39.0 Å². The number of carbonyl (C=O) groups excluding carboxylic acids is 1. The third-order valence-corrected chi connectivity index (χ3v) is 3.00. The van der Waals surface area contributed by atoms with Gasteiger partial charge in [-0.15, -0.1) is 12.4 Å². The Morgan fingerprint density at radius 2 is 1.93 bits per heavy atom. The van der Waals surface area contributed by atoms with Crippen molar-refractivity contribution < 1.29 is 4.79 Å². The summed E-state index contributed by atoms with van der Waals surface area (Å²) in [5.41, 5.74) is 0. The molecule has 2 aliphatic heterocycles. The molecular formula is C9H18ClN3O. The van der Waals surface area contributed by atoms with Gasteiger partial charge in [-0.05, 0) is 25.9 Å². The first-order valence-electron chi connectivity index (χ1n) is 5.01. The van der Waals surface area contributed by atoms with Crippen LogP contribution >= 0.6 is 12.4 Å². The lowest BCUT2D eigenvalue weighted by molar-refractivity contribution is 0.170. The van der Waals surface area contributed by atoms with E-state index in [9.17, 15) is 4.79 Å². The molecule has 0 aliphatic carbocycles. The zero-order valence-electron chi connectivity index (χ0n) is 8.53. The van der Waals surface area contributed by atoms with Crippen molar-refractivity contribution >= 4 is 18.4 Å². The predicted octanol–water partition coefficient (Wildman–Crippen LogP) is 0.528. The number of rotatable bonds is 1. The second kappa shape index (κ2) is 4.84. The van der Waals surface area contributed by atoms with Gasteiger partial charge in [-0.2, -0.15) is 0 Å². The number of hydrogen-bond donors (Lipinski definition) is 1. The van der Waals surface area contributed by atoms with E-state index in [1.54, 1.807) is 0 Å². The number of likely N-dealkylation sites (N-methyl/N-ethyl adjacent to an activating group) is 1. The smallest absolute Gasteiger partial charge is 0.320 e. The number of hydrogen-bond acceptors (Lipinski definition) is 2. The number of urea groups is 1. The summed E-state index contributed by atoms with van der Waals surface area (Å²) in [5, 5.41) is 3.31. The van der Waals surface area contributed by atoms with Gasteiger partial charge in [-0.3, -0.25) is 0 Å².